The molecule has 1 unspecified atom stereocenters. The van der Waals surface area contributed by atoms with Gasteiger partial charge >= 0.3 is 0 Å². The average molecular weight is 236 g/mol. The number of nitrogens with two attached hydrogens (primary N) is 1. The topological polar surface area (TPSA) is 55.9 Å². The van der Waals surface area contributed by atoms with Crippen LogP contribution in [0.15, 0.2) is 0 Å². The molecule has 1 aromatic rings. The molecule has 2 rings (SSSR count). The van der Waals surface area contributed by atoms with Gasteiger partial charge in [-0.3, -0.25) is 4.68 Å². The van der Waals surface area contributed by atoms with Crippen LogP contribution in [0.2, 0.25) is 0 Å². The van der Waals surface area contributed by atoms with E-state index in [0.29, 0.717) is 6.04 Å². The molecule has 2 heterocycles. The van der Waals surface area contributed by atoms with Crippen LogP contribution in [0.25, 0.3) is 0 Å². The third-order valence-electron chi connectivity index (χ3n) is 3.72. The highest BCUT2D eigenvalue weighted by Crippen LogP contribution is 2.22. The van der Waals surface area contributed by atoms with Gasteiger partial charge in [0, 0.05) is 12.2 Å². The molecule has 1 aromatic heterocycles. The summed E-state index contributed by atoms with van der Waals surface area (Å²) in [6.07, 6.45) is 4.61. The zero-order chi connectivity index (χ0) is 12.3. The molecule has 0 spiro atoms. The maximum atomic E-state index is 5.59. The van der Waals surface area contributed by atoms with Crippen LogP contribution in [0, 0.1) is 13.8 Å². The highest BCUT2D eigenvalue weighted by molar-refractivity contribution is 5.25. The van der Waals surface area contributed by atoms with Crippen molar-refractivity contribution in [2.75, 3.05) is 19.6 Å². The van der Waals surface area contributed by atoms with Crippen molar-refractivity contribution < 1.29 is 0 Å². The van der Waals surface area contributed by atoms with Gasteiger partial charge in [0.1, 0.15) is 0 Å². The summed E-state index contributed by atoms with van der Waals surface area (Å²) in [7, 11) is 0. The Hall–Kier alpha value is -0.870. The Balaban J connectivity index is 2.17. The van der Waals surface area contributed by atoms with Crippen LogP contribution >= 0.6 is 0 Å². The van der Waals surface area contributed by atoms with E-state index in [-0.39, 0.29) is 0 Å². The number of nitrogens with zero attached hydrogens (tertiary/aromatic N) is 2. The third kappa shape index (κ3) is 2.69. The maximum absolute atomic E-state index is 5.59. The molecule has 0 aliphatic carbocycles. The lowest BCUT2D eigenvalue weighted by Crippen LogP contribution is -2.32. The quantitative estimate of drug-likeness (QED) is 0.829. The molecule has 3 N–H and O–H groups in total. The molecular formula is C13H24N4. The summed E-state index contributed by atoms with van der Waals surface area (Å²) in [6.45, 7) is 7.27. The number of piperidine rings is 1. The van der Waals surface area contributed by atoms with Gasteiger partial charge in [-0.05, 0) is 58.2 Å². The van der Waals surface area contributed by atoms with Gasteiger partial charge in [-0.1, -0.05) is 0 Å². The molecule has 0 radical (unpaired) electrons. The summed E-state index contributed by atoms with van der Waals surface area (Å²) < 4.78 is 2.23. The van der Waals surface area contributed by atoms with E-state index in [1.54, 1.807) is 0 Å². The first-order valence-corrected chi connectivity index (χ1v) is 6.69. The van der Waals surface area contributed by atoms with Crippen LogP contribution in [0.5, 0.6) is 0 Å². The van der Waals surface area contributed by atoms with Crippen LogP contribution in [0.4, 0.5) is 0 Å². The van der Waals surface area contributed by atoms with Crippen LogP contribution < -0.4 is 11.1 Å². The molecule has 4 nitrogen and oxygen atoms in total. The molecule has 0 amide bonds. The van der Waals surface area contributed by atoms with Crippen molar-refractivity contribution in [3.8, 4) is 0 Å². The van der Waals surface area contributed by atoms with Gasteiger partial charge in [0.25, 0.3) is 0 Å². The van der Waals surface area contributed by atoms with E-state index in [1.165, 1.54) is 29.8 Å². The number of aromatic nitrogens is 2. The molecule has 1 atom stereocenters. The van der Waals surface area contributed by atoms with E-state index in [2.05, 4.69) is 23.8 Å². The molecule has 1 fully saturated rings. The second kappa shape index (κ2) is 5.65. The third-order valence-corrected chi connectivity index (χ3v) is 3.72. The minimum atomic E-state index is 0.536. The van der Waals surface area contributed by atoms with E-state index in [0.717, 1.165) is 32.5 Å². The van der Waals surface area contributed by atoms with Gasteiger partial charge in [-0.15, -0.1) is 0 Å². The summed E-state index contributed by atoms with van der Waals surface area (Å²) in [6, 6.07) is 0.536. The van der Waals surface area contributed by atoms with Gasteiger partial charge in [0.15, 0.2) is 0 Å². The fourth-order valence-corrected chi connectivity index (χ4v) is 2.74. The molecule has 0 aromatic carbocycles. The van der Waals surface area contributed by atoms with Crippen LogP contribution in [0.1, 0.15) is 42.3 Å². The number of hydrogen-bond acceptors (Lipinski definition) is 3. The smallest absolute Gasteiger partial charge is 0.0647 e. The Morgan fingerprint density at radius 1 is 1.47 bits per heavy atom. The molecule has 1 aliphatic rings. The number of nitrogens with one attached hydrogen (secondary N) is 1. The molecule has 1 saturated heterocycles. The van der Waals surface area contributed by atoms with Crippen molar-refractivity contribution in [3.05, 3.63) is 17.0 Å². The Bertz CT molecular complexity index is 364. The van der Waals surface area contributed by atoms with E-state index in [4.69, 9.17) is 10.8 Å². The van der Waals surface area contributed by atoms with E-state index in [9.17, 15) is 0 Å². The molecule has 4 heteroatoms. The predicted octanol–water partition coefficient (Wildman–Crippen LogP) is 1.32. The Morgan fingerprint density at radius 3 is 2.94 bits per heavy atom. The zero-order valence-corrected chi connectivity index (χ0v) is 11.0. The first-order chi connectivity index (χ1) is 8.24. The molecule has 0 bridgehead atoms. The lowest BCUT2D eigenvalue weighted by molar-refractivity contribution is 0.341. The molecular weight excluding hydrogens is 212 g/mol. The summed E-state index contributed by atoms with van der Waals surface area (Å²) in [5.74, 6) is 0. The van der Waals surface area contributed by atoms with Crippen LogP contribution in [0.3, 0.4) is 0 Å². The van der Waals surface area contributed by atoms with Gasteiger partial charge in [0.2, 0.25) is 0 Å². The minimum absolute atomic E-state index is 0.536. The Kier molecular flexibility index (Phi) is 4.18. The van der Waals surface area contributed by atoms with Crippen molar-refractivity contribution >= 4 is 0 Å². The number of rotatable bonds is 4. The summed E-state index contributed by atoms with van der Waals surface area (Å²) in [5.41, 5.74) is 9.51. The molecule has 1 aliphatic heterocycles. The van der Waals surface area contributed by atoms with Crippen LogP contribution in [-0.4, -0.2) is 29.4 Å². The Morgan fingerprint density at radius 2 is 2.29 bits per heavy atom. The van der Waals surface area contributed by atoms with Crippen molar-refractivity contribution in [1.29, 1.82) is 0 Å². The van der Waals surface area contributed by atoms with E-state index < -0.39 is 0 Å². The first-order valence-electron chi connectivity index (χ1n) is 6.69. The van der Waals surface area contributed by atoms with Gasteiger partial charge in [-0.25, -0.2) is 0 Å². The maximum Gasteiger partial charge on any atom is 0.0647 e. The van der Waals surface area contributed by atoms with Gasteiger partial charge < -0.3 is 11.1 Å². The molecule has 96 valence electrons. The van der Waals surface area contributed by atoms with Crippen molar-refractivity contribution in [1.82, 2.24) is 15.1 Å². The highest BCUT2D eigenvalue weighted by Gasteiger charge is 2.20. The van der Waals surface area contributed by atoms with Crippen molar-refractivity contribution in [2.45, 2.75) is 45.6 Å². The lowest BCUT2D eigenvalue weighted by Gasteiger charge is -2.24. The number of hydrogen-bond donors (Lipinski definition) is 2. The SMILES string of the molecule is Cc1nn(C2CCCNC2)c(C)c1CCCN. The second-order valence-corrected chi connectivity index (χ2v) is 4.99. The molecule has 0 saturated carbocycles. The molecule has 17 heavy (non-hydrogen) atoms. The van der Waals surface area contributed by atoms with E-state index in [1.807, 2.05) is 0 Å². The van der Waals surface area contributed by atoms with Crippen molar-refractivity contribution in [3.63, 3.8) is 0 Å². The normalized spacial score (nSPS) is 20.8. The standard InChI is InChI=1S/C13H24N4/c1-10-13(6-3-7-14)11(2)17(16-10)12-5-4-8-15-9-12/h12,15H,3-9,14H2,1-2H3. The second-order valence-electron chi connectivity index (χ2n) is 4.99. The van der Waals surface area contributed by atoms with Crippen LogP contribution in [-0.2, 0) is 6.42 Å². The Labute approximate surface area is 104 Å². The van der Waals surface area contributed by atoms with E-state index >= 15 is 0 Å². The van der Waals surface area contributed by atoms with Gasteiger partial charge in [-0.2, -0.15) is 5.10 Å². The highest BCUT2D eigenvalue weighted by atomic mass is 15.3. The lowest BCUT2D eigenvalue weighted by atomic mass is 10.1. The summed E-state index contributed by atoms with van der Waals surface area (Å²) >= 11 is 0. The predicted molar refractivity (Wildman–Crippen MR) is 70.2 cm³/mol. The average Bonchev–Trinajstić information content (AvgIpc) is 2.64. The first kappa shape index (κ1) is 12.6. The fraction of sp³-hybridized carbons (Fsp3) is 0.769. The number of aryl methyl sites for hydroxylation is 1. The summed E-state index contributed by atoms with van der Waals surface area (Å²) in [4.78, 5) is 0. The fourth-order valence-electron chi connectivity index (χ4n) is 2.74. The zero-order valence-electron chi connectivity index (χ0n) is 11.0. The summed E-state index contributed by atoms with van der Waals surface area (Å²) in [5, 5.41) is 8.17. The minimum Gasteiger partial charge on any atom is -0.330 e. The van der Waals surface area contributed by atoms with Gasteiger partial charge in [0.05, 0.1) is 11.7 Å². The monoisotopic (exact) mass is 236 g/mol. The van der Waals surface area contributed by atoms with Crippen molar-refractivity contribution in [2.24, 2.45) is 5.73 Å². The largest absolute Gasteiger partial charge is 0.330 e.